The Hall–Kier alpha value is -1.01. The minimum atomic E-state index is -0.685. The van der Waals surface area contributed by atoms with Gasteiger partial charge in [-0.2, -0.15) is 0 Å². The van der Waals surface area contributed by atoms with Crippen molar-refractivity contribution in [2.75, 3.05) is 13.6 Å². The van der Waals surface area contributed by atoms with Crippen LogP contribution in [0.2, 0.25) is 0 Å². The highest BCUT2D eigenvalue weighted by Gasteiger charge is 2.37. The maximum Gasteiger partial charge on any atom is 0.305 e. The quantitative estimate of drug-likeness (QED) is 0.570. The molecule has 3 heteroatoms. The molecule has 1 aliphatic carbocycles. The molecular formula is C14H23NO2. The molecule has 0 saturated heterocycles. The van der Waals surface area contributed by atoms with Crippen molar-refractivity contribution in [3.8, 4) is 12.3 Å². The van der Waals surface area contributed by atoms with Gasteiger partial charge in [-0.1, -0.05) is 19.3 Å². The summed E-state index contributed by atoms with van der Waals surface area (Å²) >= 11 is 0. The summed E-state index contributed by atoms with van der Waals surface area (Å²) in [7, 11) is 2.05. The largest absolute Gasteiger partial charge is 0.481 e. The summed E-state index contributed by atoms with van der Waals surface area (Å²) in [5.41, 5.74) is -0.126. The highest BCUT2D eigenvalue weighted by atomic mass is 16.4. The average molecular weight is 237 g/mol. The Morgan fingerprint density at radius 1 is 1.41 bits per heavy atom. The zero-order valence-corrected chi connectivity index (χ0v) is 10.7. The van der Waals surface area contributed by atoms with E-state index in [0.29, 0.717) is 0 Å². The van der Waals surface area contributed by atoms with Crippen molar-refractivity contribution in [2.45, 2.75) is 56.9 Å². The second-order valence-electron chi connectivity index (χ2n) is 5.08. The summed E-state index contributed by atoms with van der Waals surface area (Å²) in [4.78, 5) is 13.3. The van der Waals surface area contributed by atoms with E-state index in [1.807, 2.05) is 7.05 Å². The van der Waals surface area contributed by atoms with E-state index in [0.717, 1.165) is 45.1 Å². The fraction of sp³-hybridized carbons (Fsp3) is 0.786. The minimum absolute atomic E-state index is 0.126. The molecule has 0 aliphatic heterocycles. The lowest BCUT2D eigenvalue weighted by Crippen LogP contribution is -2.49. The zero-order valence-electron chi connectivity index (χ0n) is 10.7. The van der Waals surface area contributed by atoms with Gasteiger partial charge in [-0.05, 0) is 32.9 Å². The second kappa shape index (κ2) is 6.66. The van der Waals surface area contributed by atoms with E-state index in [2.05, 4.69) is 10.8 Å². The van der Waals surface area contributed by atoms with E-state index in [1.165, 1.54) is 6.42 Å². The van der Waals surface area contributed by atoms with Gasteiger partial charge in [0.05, 0.1) is 6.42 Å². The van der Waals surface area contributed by atoms with Crippen molar-refractivity contribution in [3.63, 3.8) is 0 Å². The van der Waals surface area contributed by atoms with E-state index in [-0.39, 0.29) is 12.0 Å². The SMILES string of the molecule is C#CCCCN(C)C1(CC(=O)O)CCCCC1. The number of aliphatic carboxylic acids is 1. The normalized spacial score (nSPS) is 18.9. The number of nitrogens with zero attached hydrogens (tertiary/aromatic N) is 1. The molecule has 3 nitrogen and oxygen atoms in total. The molecule has 1 aliphatic rings. The third kappa shape index (κ3) is 4.05. The molecule has 0 aromatic carbocycles. The Balaban J connectivity index is 2.61. The van der Waals surface area contributed by atoms with E-state index in [1.54, 1.807) is 0 Å². The van der Waals surface area contributed by atoms with E-state index >= 15 is 0 Å². The van der Waals surface area contributed by atoms with Crippen LogP contribution in [0.3, 0.4) is 0 Å². The summed E-state index contributed by atoms with van der Waals surface area (Å²) in [5, 5.41) is 9.09. The van der Waals surface area contributed by atoms with Gasteiger partial charge < -0.3 is 10.0 Å². The first kappa shape index (κ1) is 14.1. The van der Waals surface area contributed by atoms with Crippen LogP contribution >= 0.6 is 0 Å². The third-order valence-electron chi connectivity index (χ3n) is 3.89. The summed E-state index contributed by atoms with van der Waals surface area (Å²) < 4.78 is 0. The summed E-state index contributed by atoms with van der Waals surface area (Å²) in [6.45, 7) is 0.900. The molecule has 1 rings (SSSR count). The number of terminal acetylenes is 1. The van der Waals surface area contributed by atoms with Gasteiger partial charge in [0.15, 0.2) is 0 Å². The summed E-state index contributed by atoms with van der Waals surface area (Å²) in [6, 6.07) is 0. The van der Waals surface area contributed by atoms with Gasteiger partial charge in [0.1, 0.15) is 0 Å². The number of carboxylic acid groups (broad SMARTS) is 1. The zero-order chi connectivity index (χ0) is 12.7. The molecule has 0 aromatic heterocycles. The first-order valence-corrected chi connectivity index (χ1v) is 6.47. The van der Waals surface area contributed by atoms with Crippen LogP contribution in [0, 0.1) is 12.3 Å². The lowest BCUT2D eigenvalue weighted by Gasteiger charge is -2.44. The van der Waals surface area contributed by atoms with Gasteiger partial charge >= 0.3 is 5.97 Å². The summed E-state index contributed by atoms with van der Waals surface area (Å²) in [6.07, 6.45) is 12.8. The highest BCUT2D eigenvalue weighted by molar-refractivity contribution is 5.68. The van der Waals surface area contributed by atoms with E-state index in [4.69, 9.17) is 11.5 Å². The molecule has 96 valence electrons. The summed E-state index contributed by atoms with van der Waals surface area (Å²) in [5.74, 6) is 1.95. The second-order valence-corrected chi connectivity index (χ2v) is 5.08. The van der Waals surface area contributed by atoms with Crippen LogP contribution < -0.4 is 0 Å². The van der Waals surface area contributed by atoms with Gasteiger partial charge in [-0.3, -0.25) is 4.79 Å². The lowest BCUT2D eigenvalue weighted by atomic mass is 9.78. The molecule has 0 spiro atoms. The predicted molar refractivity (Wildman–Crippen MR) is 68.8 cm³/mol. The van der Waals surface area contributed by atoms with Crippen molar-refractivity contribution in [1.82, 2.24) is 4.90 Å². The molecule has 17 heavy (non-hydrogen) atoms. The molecule has 0 amide bonds. The number of carboxylic acids is 1. The Morgan fingerprint density at radius 2 is 2.06 bits per heavy atom. The Morgan fingerprint density at radius 3 is 2.59 bits per heavy atom. The molecule has 0 unspecified atom stereocenters. The number of carbonyl (C=O) groups is 1. The number of unbranched alkanes of at least 4 members (excludes halogenated alkanes) is 1. The monoisotopic (exact) mass is 237 g/mol. The smallest absolute Gasteiger partial charge is 0.305 e. The maximum atomic E-state index is 11.0. The number of hydrogen-bond acceptors (Lipinski definition) is 2. The molecule has 0 heterocycles. The fourth-order valence-electron chi connectivity index (χ4n) is 2.84. The molecular weight excluding hydrogens is 214 g/mol. The lowest BCUT2D eigenvalue weighted by molar-refractivity contribution is -0.141. The minimum Gasteiger partial charge on any atom is -0.481 e. The highest BCUT2D eigenvalue weighted by Crippen LogP contribution is 2.35. The van der Waals surface area contributed by atoms with Gasteiger partial charge in [0.2, 0.25) is 0 Å². The average Bonchev–Trinajstić information content (AvgIpc) is 2.29. The predicted octanol–water partition coefficient (Wildman–Crippen LogP) is 2.51. The van der Waals surface area contributed by atoms with Crippen LogP contribution in [0.15, 0.2) is 0 Å². The van der Waals surface area contributed by atoms with Crippen molar-refractivity contribution in [3.05, 3.63) is 0 Å². The number of rotatable bonds is 6. The van der Waals surface area contributed by atoms with Crippen LogP contribution in [0.1, 0.15) is 51.4 Å². The van der Waals surface area contributed by atoms with Gasteiger partial charge in [0, 0.05) is 12.0 Å². The van der Waals surface area contributed by atoms with Crippen LogP contribution in [0.25, 0.3) is 0 Å². The Labute approximate surface area is 104 Å². The van der Waals surface area contributed by atoms with Gasteiger partial charge in [0.25, 0.3) is 0 Å². The van der Waals surface area contributed by atoms with Crippen molar-refractivity contribution in [1.29, 1.82) is 0 Å². The molecule has 1 N–H and O–H groups in total. The van der Waals surface area contributed by atoms with E-state index in [9.17, 15) is 4.79 Å². The molecule has 0 atom stereocenters. The van der Waals surface area contributed by atoms with Crippen LogP contribution in [-0.4, -0.2) is 35.1 Å². The Bertz CT molecular complexity index is 287. The van der Waals surface area contributed by atoms with Crippen molar-refractivity contribution in [2.24, 2.45) is 0 Å². The third-order valence-corrected chi connectivity index (χ3v) is 3.89. The molecule has 1 fully saturated rings. The Kier molecular flexibility index (Phi) is 5.50. The number of hydrogen-bond donors (Lipinski definition) is 1. The molecule has 0 bridgehead atoms. The van der Waals surface area contributed by atoms with E-state index < -0.39 is 5.97 Å². The topological polar surface area (TPSA) is 40.5 Å². The standard InChI is InChI=1S/C14H23NO2/c1-3-4-8-11-15(2)14(12-13(16)17)9-6-5-7-10-14/h1H,4-12H2,2H3,(H,16,17). The fourth-order valence-corrected chi connectivity index (χ4v) is 2.84. The first-order chi connectivity index (χ1) is 8.10. The molecule has 0 radical (unpaired) electrons. The van der Waals surface area contributed by atoms with Crippen LogP contribution in [0.5, 0.6) is 0 Å². The van der Waals surface area contributed by atoms with Crippen molar-refractivity contribution >= 4 is 5.97 Å². The van der Waals surface area contributed by atoms with Crippen LogP contribution in [-0.2, 0) is 4.79 Å². The van der Waals surface area contributed by atoms with Crippen molar-refractivity contribution < 1.29 is 9.90 Å². The van der Waals surface area contributed by atoms with Gasteiger partial charge in [-0.15, -0.1) is 12.3 Å². The maximum absolute atomic E-state index is 11.0. The molecule has 1 saturated carbocycles. The van der Waals surface area contributed by atoms with Gasteiger partial charge in [-0.25, -0.2) is 0 Å². The van der Waals surface area contributed by atoms with Crippen LogP contribution in [0.4, 0.5) is 0 Å². The molecule has 0 aromatic rings. The first-order valence-electron chi connectivity index (χ1n) is 6.47.